The van der Waals surface area contributed by atoms with E-state index in [9.17, 15) is 9.18 Å². The van der Waals surface area contributed by atoms with Crippen molar-refractivity contribution in [3.63, 3.8) is 0 Å². The van der Waals surface area contributed by atoms with E-state index in [1.165, 1.54) is 23.6 Å². The molecule has 0 aliphatic rings. The van der Waals surface area contributed by atoms with E-state index >= 15 is 0 Å². The van der Waals surface area contributed by atoms with E-state index in [1.807, 2.05) is 39.0 Å². The molecule has 0 radical (unpaired) electrons. The summed E-state index contributed by atoms with van der Waals surface area (Å²) in [7, 11) is 1.47. The van der Waals surface area contributed by atoms with E-state index in [-0.39, 0.29) is 17.5 Å². The van der Waals surface area contributed by atoms with Crippen molar-refractivity contribution in [2.75, 3.05) is 13.0 Å². The number of carbonyl (C=O) groups is 1. The quantitative estimate of drug-likeness (QED) is 0.208. The van der Waals surface area contributed by atoms with Gasteiger partial charge in [-0.2, -0.15) is 0 Å². The van der Waals surface area contributed by atoms with Gasteiger partial charge in [-0.3, -0.25) is 9.47 Å². The maximum Gasteiger partial charge on any atom is 0.298 e. The Kier molecular flexibility index (Phi) is 11.2. The maximum absolute atomic E-state index is 14.2. The van der Waals surface area contributed by atoms with E-state index in [4.69, 9.17) is 10.6 Å². The summed E-state index contributed by atoms with van der Waals surface area (Å²) >= 11 is 0. The molecule has 1 heterocycles. The Morgan fingerprint density at radius 3 is 2.22 bits per heavy atom. The molecular weight excluding hydrogens is 467 g/mol. The zero-order valence-corrected chi connectivity index (χ0v) is 23.0. The van der Waals surface area contributed by atoms with Crippen molar-refractivity contribution in [3.8, 4) is 11.5 Å². The van der Waals surface area contributed by atoms with Crippen LogP contribution in [0.15, 0.2) is 60.7 Å². The van der Waals surface area contributed by atoms with Gasteiger partial charge in [-0.05, 0) is 67.8 Å². The number of halogens is 1. The molecule has 0 spiro atoms. The third-order valence-electron chi connectivity index (χ3n) is 6.10. The number of carbonyl (C=O) groups excluding carboxylic acids is 1. The minimum atomic E-state index is -0.348. The number of nitrogens with zero attached hydrogens (tertiary/aromatic N) is 1. The highest BCUT2D eigenvalue weighted by Crippen LogP contribution is 2.35. The standard InChI is InChI=1S/C21H25FN2O.C8H8O2.C2H6/c1-5-6-16-17-11-13(2)7-9-19(17)24(23)21(16)14(3)15-8-10-20(25-4)18(22)12-15;1-7-2-4-8(5-3-7)10-6-9;1-2/h7-12,14H,5-6,23H2,1-4H3;2-6H,1H3;1-2H3. The van der Waals surface area contributed by atoms with Crippen LogP contribution in [0, 0.1) is 19.7 Å². The molecule has 1 aromatic heterocycles. The van der Waals surface area contributed by atoms with Crippen molar-refractivity contribution in [1.82, 2.24) is 4.68 Å². The predicted molar refractivity (Wildman–Crippen MR) is 151 cm³/mol. The molecule has 37 heavy (non-hydrogen) atoms. The number of nitrogens with two attached hydrogens (primary N) is 1. The van der Waals surface area contributed by atoms with Gasteiger partial charge in [0.2, 0.25) is 0 Å². The number of benzene rings is 3. The normalized spacial score (nSPS) is 11.0. The highest BCUT2D eigenvalue weighted by Gasteiger charge is 2.22. The molecule has 198 valence electrons. The van der Waals surface area contributed by atoms with Crippen LogP contribution in [0.25, 0.3) is 10.9 Å². The van der Waals surface area contributed by atoms with E-state index in [2.05, 4.69) is 43.7 Å². The Balaban J connectivity index is 0.000000336. The van der Waals surface area contributed by atoms with Gasteiger partial charge in [-0.1, -0.05) is 69.5 Å². The summed E-state index contributed by atoms with van der Waals surface area (Å²) < 4.78 is 25.5. The number of nitrogen functional groups attached to an aromatic ring is 1. The van der Waals surface area contributed by atoms with Crippen molar-refractivity contribution >= 4 is 17.4 Å². The Bertz CT molecular complexity index is 1300. The summed E-state index contributed by atoms with van der Waals surface area (Å²) in [5.74, 6) is 6.93. The molecule has 0 aliphatic carbocycles. The van der Waals surface area contributed by atoms with Gasteiger partial charge in [-0.25, -0.2) is 4.39 Å². The lowest BCUT2D eigenvalue weighted by Gasteiger charge is -2.17. The molecule has 5 nitrogen and oxygen atoms in total. The van der Waals surface area contributed by atoms with Crippen LogP contribution in [0.3, 0.4) is 0 Å². The second-order valence-corrected chi connectivity index (χ2v) is 8.65. The molecular formula is C31H39FN2O3. The first-order chi connectivity index (χ1) is 17.8. The lowest BCUT2D eigenvalue weighted by Crippen LogP contribution is -2.16. The third kappa shape index (κ3) is 7.13. The van der Waals surface area contributed by atoms with Gasteiger partial charge in [0.1, 0.15) is 5.75 Å². The average Bonchev–Trinajstić information content (AvgIpc) is 3.17. The van der Waals surface area contributed by atoms with Crippen molar-refractivity contribution in [2.24, 2.45) is 0 Å². The number of ether oxygens (including phenoxy) is 2. The van der Waals surface area contributed by atoms with Crippen molar-refractivity contribution in [1.29, 1.82) is 0 Å². The van der Waals surface area contributed by atoms with Gasteiger partial charge < -0.3 is 15.3 Å². The van der Waals surface area contributed by atoms with E-state index < -0.39 is 0 Å². The van der Waals surface area contributed by atoms with Gasteiger partial charge in [0.15, 0.2) is 11.6 Å². The first-order valence-electron chi connectivity index (χ1n) is 12.7. The molecule has 4 aromatic rings. The first kappa shape index (κ1) is 29.4. The smallest absolute Gasteiger partial charge is 0.298 e. The fraction of sp³-hybridized carbons (Fsp3) is 0.323. The van der Waals surface area contributed by atoms with Crippen molar-refractivity contribution in [2.45, 2.75) is 60.3 Å². The summed E-state index contributed by atoms with van der Waals surface area (Å²) in [6, 6.07) is 18.7. The molecule has 0 aliphatic heterocycles. The number of hydrogen-bond donors (Lipinski definition) is 1. The molecule has 1 unspecified atom stereocenters. The SMILES string of the molecule is CC.CCCc1c(C(C)c2ccc(OC)c(F)c2)n(N)c2ccc(C)cc12.Cc1ccc(OC=O)cc1. The largest absolute Gasteiger partial charge is 0.494 e. The number of aromatic nitrogens is 1. The molecule has 0 bridgehead atoms. The van der Waals surface area contributed by atoms with E-state index in [0.29, 0.717) is 12.2 Å². The van der Waals surface area contributed by atoms with Crippen LogP contribution in [0.2, 0.25) is 0 Å². The Morgan fingerprint density at radius 2 is 1.65 bits per heavy atom. The van der Waals surface area contributed by atoms with Crippen molar-refractivity contribution < 1.29 is 18.7 Å². The Labute approximate surface area is 220 Å². The van der Waals surface area contributed by atoms with Crippen LogP contribution in [-0.4, -0.2) is 18.3 Å². The molecule has 3 aromatic carbocycles. The summed E-state index contributed by atoms with van der Waals surface area (Å²) in [6.07, 6.45) is 1.98. The van der Waals surface area contributed by atoms with Gasteiger partial charge in [0.05, 0.1) is 18.3 Å². The van der Waals surface area contributed by atoms with E-state index in [0.717, 1.165) is 35.2 Å². The fourth-order valence-corrected chi connectivity index (χ4v) is 4.28. The number of fused-ring (bicyclic) bond motifs is 1. The lowest BCUT2D eigenvalue weighted by molar-refractivity contribution is -0.120. The Hall–Kier alpha value is -3.80. The van der Waals surface area contributed by atoms with Crippen LogP contribution in [0.5, 0.6) is 11.5 Å². The fourth-order valence-electron chi connectivity index (χ4n) is 4.28. The minimum Gasteiger partial charge on any atom is -0.494 e. The van der Waals surface area contributed by atoms with Gasteiger partial charge in [0.25, 0.3) is 6.47 Å². The third-order valence-corrected chi connectivity index (χ3v) is 6.10. The summed E-state index contributed by atoms with van der Waals surface area (Å²) in [5, 5.41) is 1.19. The van der Waals surface area contributed by atoms with Crippen molar-refractivity contribution in [3.05, 3.63) is 94.4 Å². The minimum absolute atomic E-state index is 0.0142. The molecule has 2 N–H and O–H groups in total. The van der Waals surface area contributed by atoms with Gasteiger partial charge >= 0.3 is 0 Å². The Morgan fingerprint density at radius 1 is 1.00 bits per heavy atom. The molecule has 0 saturated heterocycles. The molecule has 0 saturated carbocycles. The molecule has 0 fully saturated rings. The zero-order chi connectivity index (χ0) is 27.5. The molecule has 4 rings (SSSR count). The van der Waals surface area contributed by atoms with Crippen LogP contribution < -0.4 is 15.3 Å². The lowest BCUT2D eigenvalue weighted by atomic mass is 9.92. The zero-order valence-electron chi connectivity index (χ0n) is 23.0. The summed E-state index contributed by atoms with van der Waals surface area (Å²) in [6.45, 7) is 12.7. The summed E-state index contributed by atoms with van der Waals surface area (Å²) in [4.78, 5) is 9.84. The van der Waals surface area contributed by atoms with Gasteiger partial charge in [-0.15, -0.1) is 0 Å². The molecule has 1 atom stereocenters. The van der Waals surface area contributed by atoms with Crippen LogP contribution in [-0.2, 0) is 11.2 Å². The first-order valence-corrected chi connectivity index (χ1v) is 12.7. The monoisotopic (exact) mass is 506 g/mol. The highest BCUT2D eigenvalue weighted by atomic mass is 19.1. The molecule has 6 heteroatoms. The maximum atomic E-state index is 14.2. The number of rotatable bonds is 7. The predicted octanol–water partition coefficient (Wildman–Crippen LogP) is 7.47. The topological polar surface area (TPSA) is 66.5 Å². The van der Waals surface area contributed by atoms with Crippen LogP contribution >= 0.6 is 0 Å². The van der Waals surface area contributed by atoms with Crippen LogP contribution in [0.4, 0.5) is 4.39 Å². The second-order valence-electron chi connectivity index (χ2n) is 8.65. The van der Waals surface area contributed by atoms with Gasteiger partial charge in [0, 0.05) is 11.3 Å². The highest BCUT2D eigenvalue weighted by molar-refractivity contribution is 5.86. The second kappa shape index (κ2) is 14.1. The number of hydrogen-bond acceptors (Lipinski definition) is 4. The van der Waals surface area contributed by atoms with Crippen LogP contribution in [0.1, 0.15) is 68.0 Å². The number of aryl methyl sites for hydroxylation is 3. The van der Waals surface area contributed by atoms with E-state index in [1.54, 1.807) is 28.9 Å². The average molecular weight is 507 g/mol. The molecule has 0 amide bonds. The summed E-state index contributed by atoms with van der Waals surface area (Å²) in [5.41, 5.74) is 6.58. The number of methoxy groups -OCH3 is 1.